The first-order chi connectivity index (χ1) is 18.2. The zero-order valence-electron chi connectivity index (χ0n) is 20.2. The van der Waals surface area contributed by atoms with Gasteiger partial charge in [0.05, 0.1) is 17.6 Å². The van der Waals surface area contributed by atoms with Crippen molar-refractivity contribution in [2.45, 2.75) is 19.1 Å². The Labute approximate surface area is 216 Å². The van der Waals surface area contributed by atoms with Crippen LogP contribution in [0.3, 0.4) is 0 Å². The van der Waals surface area contributed by atoms with Crippen LogP contribution in [0, 0.1) is 10.1 Å². The van der Waals surface area contributed by atoms with E-state index in [4.69, 9.17) is 4.74 Å². The molecule has 1 aromatic heterocycles. The fourth-order valence-corrected chi connectivity index (χ4v) is 3.65. The normalized spacial score (nSPS) is 14.6. The SMILES string of the molecule is O=[N+]([O-])c1ccc(C=NNc2nc(OCCC(F)(F)F)nc(N3CCN(Cc4ccccc4)CC3)n2)cc1. The summed E-state index contributed by atoms with van der Waals surface area (Å²) in [5.74, 6) is 0.247. The number of nitrogens with one attached hydrogen (secondary N) is 1. The largest absolute Gasteiger partial charge is 0.463 e. The van der Waals surface area contributed by atoms with Crippen molar-refractivity contribution in [1.82, 2.24) is 19.9 Å². The molecule has 11 nitrogen and oxygen atoms in total. The van der Waals surface area contributed by atoms with E-state index in [0.717, 1.165) is 19.6 Å². The highest BCUT2D eigenvalue weighted by Gasteiger charge is 2.27. The van der Waals surface area contributed by atoms with Gasteiger partial charge in [-0.2, -0.15) is 33.2 Å². The van der Waals surface area contributed by atoms with E-state index >= 15 is 0 Å². The number of nitrogens with zero attached hydrogens (tertiary/aromatic N) is 7. The van der Waals surface area contributed by atoms with Gasteiger partial charge in [0.1, 0.15) is 6.61 Å². The minimum atomic E-state index is -4.37. The number of alkyl halides is 3. The number of nitro benzene ring substituents is 1. The van der Waals surface area contributed by atoms with E-state index in [-0.39, 0.29) is 23.6 Å². The van der Waals surface area contributed by atoms with E-state index < -0.39 is 24.1 Å². The van der Waals surface area contributed by atoms with Gasteiger partial charge in [0.2, 0.25) is 5.95 Å². The zero-order valence-corrected chi connectivity index (χ0v) is 20.2. The van der Waals surface area contributed by atoms with Crippen LogP contribution < -0.4 is 15.1 Å². The molecule has 1 fully saturated rings. The summed E-state index contributed by atoms with van der Waals surface area (Å²) in [4.78, 5) is 27.1. The number of nitro groups is 1. The summed E-state index contributed by atoms with van der Waals surface area (Å²) < 4.78 is 42.9. The molecule has 200 valence electrons. The molecule has 1 saturated heterocycles. The summed E-state index contributed by atoms with van der Waals surface area (Å²) in [7, 11) is 0. The predicted octanol–water partition coefficient (Wildman–Crippen LogP) is 3.88. The number of benzene rings is 2. The number of piperazine rings is 1. The first kappa shape index (κ1) is 26.7. The Balaban J connectivity index is 1.43. The van der Waals surface area contributed by atoms with Gasteiger partial charge in [-0.25, -0.2) is 5.43 Å². The second-order valence-electron chi connectivity index (χ2n) is 8.42. The predicted molar refractivity (Wildman–Crippen MR) is 134 cm³/mol. The first-order valence-electron chi connectivity index (χ1n) is 11.8. The van der Waals surface area contributed by atoms with Crippen LogP contribution >= 0.6 is 0 Å². The molecule has 1 aliphatic heterocycles. The lowest BCUT2D eigenvalue weighted by Gasteiger charge is -2.34. The van der Waals surface area contributed by atoms with E-state index in [0.29, 0.717) is 18.7 Å². The van der Waals surface area contributed by atoms with Crippen LogP contribution in [0.1, 0.15) is 17.5 Å². The van der Waals surface area contributed by atoms with E-state index in [1.807, 2.05) is 23.1 Å². The van der Waals surface area contributed by atoms with Crippen molar-refractivity contribution in [3.63, 3.8) is 0 Å². The maximum Gasteiger partial charge on any atom is 0.392 e. The highest BCUT2D eigenvalue weighted by Crippen LogP contribution is 2.21. The number of rotatable bonds is 10. The second-order valence-corrected chi connectivity index (χ2v) is 8.42. The molecule has 0 aliphatic carbocycles. The molecule has 3 aromatic rings. The Morgan fingerprint density at radius 3 is 2.39 bits per heavy atom. The number of hydrogen-bond donors (Lipinski definition) is 1. The van der Waals surface area contributed by atoms with Gasteiger partial charge >= 0.3 is 12.2 Å². The molecule has 0 spiro atoms. The zero-order chi connectivity index (χ0) is 27.0. The van der Waals surface area contributed by atoms with Gasteiger partial charge in [0.15, 0.2) is 0 Å². The third kappa shape index (κ3) is 8.09. The molecule has 38 heavy (non-hydrogen) atoms. The van der Waals surface area contributed by atoms with Crippen molar-refractivity contribution >= 4 is 23.8 Å². The Bertz CT molecular complexity index is 1230. The molecule has 0 bridgehead atoms. The van der Waals surface area contributed by atoms with Crippen molar-refractivity contribution in [2.24, 2.45) is 5.10 Å². The Hall–Kier alpha value is -4.33. The van der Waals surface area contributed by atoms with Gasteiger partial charge in [0, 0.05) is 44.9 Å². The quantitative estimate of drug-likeness (QED) is 0.236. The second kappa shape index (κ2) is 12.3. The van der Waals surface area contributed by atoms with E-state index in [9.17, 15) is 23.3 Å². The van der Waals surface area contributed by atoms with Crippen LogP contribution in [0.15, 0.2) is 59.7 Å². The minimum absolute atomic E-state index is 0.0121. The van der Waals surface area contributed by atoms with Crippen LogP contribution in [0.25, 0.3) is 0 Å². The van der Waals surface area contributed by atoms with Crippen molar-refractivity contribution in [2.75, 3.05) is 43.1 Å². The van der Waals surface area contributed by atoms with Crippen LogP contribution in [-0.4, -0.2) is 70.0 Å². The number of hydrogen-bond acceptors (Lipinski definition) is 10. The fourth-order valence-electron chi connectivity index (χ4n) is 3.65. The third-order valence-electron chi connectivity index (χ3n) is 5.61. The van der Waals surface area contributed by atoms with Crippen molar-refractivity contribution in [3.8, 4) is 6.01 Å². The number of anilines is 2. The third-order valence-corrected chi connectivity index (χ3v) is 5.61. The van der Waals surface area contributed by atoms with Gasteiger partial charge in [0.25, 0.3) is 11.6 Å². The lowest BCUT2D eigenvalue weighted by atomic mass is 10.2. The molecule has 0 saturated carbocycles. The number of ether oxygens (including phenoxy) is 1. The Morgan fingerprint density at radius 1 is 1.03 bits per heavy atom. The molecule has 0 amide bonds. The van der Waals surface area contributed by atoms with Gasteiger partial charge in [-0.05, 0) is 23.3 Å². The maximum absolute atomic E-state index is 12.6. The van der Waals surface area contributed by atoms with Crippen molar-refractivity contribution in [1.29, 1.82) is 0 Å². The van der Waals surface area contributed by atoms with Crippen LogP contribution in [-0.2, 0) is 6.54 Å². The first-order valence-corrected chi connectivity index (χ1v) is 11.8. The minimum Gasteiger partial charge on any atom is -0.463 e. The van der Waals surface area contributed by atoms with Crippen LogP contribution in [0.5, 0.6) is 6.01 Å². The maximum atomic E-state index is 12.6. The van der Waals surface area contributed by atoms with E-state index in [1.165, 1.54) is 36.0 Å². The molecule has 1 N–H and O–H groups in total. The Morgan fingerprint density at radius 2 is 1.74 bits per heavy atom. The Kier molecular flexibility index (Phi) is 8.63. The summed E-state index contributed by atoms with van der Waals surface area (Å²) in [6, 6.07) is 15.6. The fraction of sp³-hybridized carbons (Fsp3) is 0.333. The van der Waals surface area contributed by atoms with Gasteiger partial charge in [-0.1, -0.05) is 30.3 Å². The standard InChI is InChI=1S/C24H25F3N8O3/c25-24(26,27)10-15-38-23-30-21(32-28-16-18-6-8-20(9-7-18)35(36)37)29-22(31-23)34-13-11-33(12-14-34)17-19-4-2-1-3-5-19/h1-9,16H,10-15,17H2,(H,29,30,31,32). The molecular formula is C24H25F3N8O3. The van der Waals surface area contributed by atoms with Gasteiger partial charge < -0.3 is 9.64 Å². The smallest absolute Gasteiger partial charge is 0.392 e. The summed E-state index contributed by atoms with van der Waals surface area (Å²) in [6.45, 7) is 2.86. The van der Waals surface area contributed by atoms with E-state index in [1.54, 1.807) is 0 Å². The monoisotopic (exact) mass is 530 g/mol. The highest BCUT2D eigenvalue weighted by molar-refractivity contribution is 5.80. The summed E-state index contributed by atoms with van der Waals surface area (Å²) in [5, 5.41) is 14.8. The molecule has 0 unspecified atom stereocenters. The van der Waals surface area contributed by atoms with Crippen molar-refractivity contribution < 1.29 is 22.8 Å². The van der Waals surface area contributed by atoms with E-state index in [2.05, 4.69) is 42.5 Å². The van der Waals surface area contributed by atoms with Crippen molar-refractivity contribution in [3.05, 3.63) is 75.8 Å². The summed E-state index contributed by atoms with van der Waals surface area (Å²) >= 11 is 0. The molecular weight excluding hydrogens is 505 g/mol. The lowest BCUT2D eigenvalue weighted by molar-refractivity contribution is -0.384. The molecule has 0 atom stereocenters. The summed E-state index contributed by atoms with van der Waals surface area (Å²) in [6.07, 6.45) is -4.12. The average Bonchev–Trinajstić information content (AvgIpc) is 2.89. The molecule has 14 heteroatoms. The number of aromatic nitrogens is 3. The average molecular weight is 531 g/mol. The number of halogens is 3. The lowest BCUT2D eigenvalue weighted by Crippen LogP contribution is -2.46. The molecule has 4 rings (SSSR count). The topological polar surface area (TPSA) is 122 Å². The molecule has 0 radical (unpaired) electrons. The van der Waals surface area contributed by atoms with Crippen LogP contribution in [0.2, 0.25) is 0 Å². The highest BCUT2D eigenvalue weighted by atomic mass is 19.4. The molecule has 2 aromatic carbocycles. The summed E-state index contributed by atoms with van der Waals surface area (Å²) in [5.41, 5.74) is 4.36. The number of non-ortho nitro benzene ring substituents is 1. The van der Waals surface area contributed by atoms with Gasteiger partial charge in [-0.15, -0.1) is 0 Å². The van der Waals surface area contributed by atoms with Gasteiger partial charge in [-0.3, -0.25) is 15.0 Å². The molecule has 2 heterocycles. The molecule has 1 aliphatic rings. The number of hydrazone groups is 1. The van der Waals surface area contributed by atoms with Crippen LogP contribution in [0.4, 0.5) is 30.8 Å².